The molecule has 0 aromatic rings. The minimum absolute atomic E-state index is 0.00466. The topological polar surface area (TPSA) is 80.7 Å². The summed E-state index contributed by atoms with van der Waals surface area (Å²) in [6.07, 6.45) is 0. The van der Waals surface area contributed by atoms with Crippen LogP contribution in [0.15, 0.2) is 12.2 Å². The lowest BCUT2D eigenvalue weighted by molar-refractivity contribution is -0.138. The highest BCUT2D eigenvalue weighted by Gasteiger charge is 2.23. The molecule has 1 atom stereocenters. The van der Waals surface area contributed by atoms with Gasteiger partial charge in [0.15, 0.2) is 0 Å². The van der Waals surface area contributed by atoms with Crippen molar-refractivity contribution < 1.29 is 22.5 Å². The van der Waals surface area contributed by atoms with Crippen LogP contribution in [0, 0.1) is 0 Å². The number of carbonyl (C=O) groups excluding carboxylic acids is 1. The van der Waals surface area contributed by atoms with Crippen LogP contribution in [0.4, 0.5) is 0 Å². The smallest absolute Gasteiger partial charge is 0.333 e. The third-order valence-corrected chi connectivity index (χ3v) is 3.70. The Morgan fingerprint density at radius 3 is 2.43 bits per heavy atom. The van der Waals surface area contributed by atoms with Crippen LogP contribution in [-0.4, -0.2) is 36.1 Å². The number of halogens is 1. The summed E-state index contributed by atoms with van der Waals surface area (Å²) in [7, 11) is -4.19. The first-order valence-electron chi connectivity index (χ1n) is 3.64. The van der Waals surface area contributed by atoms with Gasteiger partial charge in [-0.25, -0.2) is 4.79 Å². The highest BCUT2D eigenvalue weighted by molar-refractivity contribution is 9.09. The minimum Gasteiger partial charge on any atom is -0.461 e. The van der Waals surface area contributed by atoms with Crippen molar-refractivity contribution in [2.45, 2.75) is 12.2 Å². The van der Waals surface area contributed by atoms with Crippen LogP contribution in [0.2, 0.25) is 0 Å². The Kier molecular flexibility index (Phi) is 5.32. The van der Waals surface area contributed by atoms with Crippen molar-refractivity contribution in [3.8, 4) is 0 Å². The molecule has 1 unspecified atom stereocenters. The second-order valence-corrected chi connectivity index (χ2v) is 5.01. The van der Waals surface area contributed by atoms with Crippen molar-refractivity contribution in [1.82, 2.24) is 0 Å². The van der Waals surface area contributed by atoms with E-state index in [0.717, 1.165) is 0 Å². The molecule has 0 aliphatic heterocycles. The van der Waals surface area contributed by atoms with E-state index < -0.39 is 27.9 Å². The molecular weight excluding hydrogens is 276 g/mol. The van der Waals surface area contributed by atoms with E-state index in [2.05, 4.69) is 27.2 Å². The van der Waals surface area contributed by atoms with Crippen LogP contribution >= 0.6 is 15.9 Å². The molecule has 0 aromatic carbocycles. The molecule has 0 aliphatic rings. The van der Waals surface area contributed by atoms with Gasteiger partial charge in [0.2, 0.25) is 0 Å². The van der Waals surface area contributed by atoms with Crippen molar-refractivity contribution >= 4 is 32.0 Å². The van der Waals surface area contributed by atoms with Gasteiger partial charge in [-0.1, -0.05) is 22.5 Å². The summed E-state index contributed by atoms with van der Waals surface area (Å²) >= 11 is 2.89. The van der Waals surface area contributed by atoms with Gasteiger partial charge in [-0.3, -0.25) is 4.55 Å². The summed E-state index contributed by atoms with van der Waals surface area (Å²) in [5.74, 6) is -0.681. The molecule has 0 heterocycles. The van der Waals surface area contributed by atoms with Gasteiger partial charge >= 0.3 is 5.97 Å². The maximum atomic E-state index is 10.9. The maximum absolute atomic E-state index is 10.9. The fourth-order valence-electron chi connectivity index (χ4n) is 0.502. The van der Waals surface area contributed by atoms with Crippen molar-refractivity contribution in [3.05, 3.63) is 12.2 Å². The zero-order valence-corrected chi connectivity index (χ0v) is 9.97. The average molecular weight is 287 g/mol. The second kappa shape index (κ2) is 5.47. The first-order chi connectivity index (χ1) is 6.29. The predicted molar refractivity (Wildman–Crippen MR) is 54.9 cm³/mol. The van der Waals surface area contributed by atoms with Crippen LogP contribution in [0.3, 0.4) is 0 Å². The predicted octanol–water partition coefficient (Wildman–Crippen LogP) is 0.757. The summed E-state index contributed by atoms with van der Waals surface area (Å²) < 4.78 is 34.5. The Bertz CT molecular complexity index is 321. The number of rotatable bonds is 5. The lowest BCUT2D eigenvalue weighted by Gasteiger charge is -2.10. The molecule has 0 aromatic heterocycles. The van der Waals surface area contributed by atoms with Crippen molar-refractivity contribution in [1.29, 1.82) is 0 Å². The highest BCUT2D eigenvalue weighted by Crippen LogP contribution is 2.05. The third-order valence-electron chi connectivity index (χ3n) is 1.34. The Hall–Kier alpha value is -0.400. The Balaban J connectivity index is 4.24. The van der Waals surface area contributed by atoms with Crippen molar-refractivity contribution in [2.24, 2.45) is 0 Å². The van der Waals surface area contributed by atoms with Crippen LogP contribution in [0.25, 0.3) is 0 Å². The van der Waals surface area contributed by atoms with Crippen LogP contribution < -0.4 is 0 Å². The number of esters is 1. The normalized spacial score (nSPS) is 13.4. The van der Waals surface area contributed by atoms with Gasteiger partial charge in [0, 0.05) is 10.9 Å². The molecule has 0 rings (SSSR count). The van der Waals surface area contributed by atoms with Gasteiger partial charge in [0.1, 0.15) is 11.9 Å². The molecule has 0 radical (unpaired) electrons. The molecule has 7 heteroatoms. The van der Waals surface area contributed by atoms with Gasteiger partial charge in [-0.2, -0.15) is 8.42 Å². The Labute approximate surface area is 91.0 Å². The molecule has 0 bridgehead atoms. The van der Waals surface area contributed by atoms with E-state index in [4.69, 9.17) is 4.55 Å². The van der Waals surface area contributed by atoms with Gasteiger partial charge < -0.3 is 4.74 Å². The maximum Gasteiger partial charge on any atom is 0.333 e. The van der Waals surface area contributed by atoms with E-state index in [-0.39, 0.29) is 10.9 Å². The molecule has 0 saturated heterocycles. The number of ether oxygens (including phenoxy) is 1. The van der Waals surface area contributed by atoms with Gasteiger partial charge in [-0.05, 0) is 6.92 Å². The van der Waals surface area contributed by atoms with Gasteiger partial charge in [0.25, 0.3) is 10.1 Å². The van der Waals surface area contributed by atoms with E-state index in [1.54, 1.807) is 0 Å². The first-order valence-corrected chi connectivity index (χ1v) is 6.26. The zero-order chi connectivity index (χ0) is 11.4. The summed E-state index contributed by atoms with van der Waals surface area (Å²) in [4.78, 5) is 10.9. The number of hydrogen-bond donors (Lipinski definition) is 1. The summed E-state index contributed by atoms with van der Waals surface area (Å²) in [6.45, 7) is 4.37. The van der Waals surface area contributed by atoms with Crippen LogP contribution in [-0.2, 0) is 19.6 Å². The SMILES string of the molecule is C=C(C)C(=O)OCC(CBr)S(=O)(=O)O. The second-order valence-electron chi connectivity index (χ2n) is 2.67. The lowest BCUT2D eigenvalue weighted by Crippen LogP contribution is -2.29. The number of alkyl halides is 1. The van der Waals surface area contributed by atoms with E-state index >= 15 is 0 Å². The van der Waals surface area contributed by atoms with Crippen molar-refractivity contribution in [2.75, 3.05) is 11.9 Å². The van der Waals surface area contributed by atoms with E-state index in [9.17, 15) is 13.2 Å². The van der Waals surface area contributed by atoms with Crippen LogP contribution in [0.1, 0.15) is 6.92 Å². The molecule has 82 valence electrons. The van der Waals surface area contributed by atoms with Gasteiger partial charge in [-0.15, -0.1) is 0 Å². The molecule has 0 saturated carbocycles. The fraction of sp³-hybridized carbons (Fsp3) is 0.571. The molecule has 0 fully saturated rings. The summed E-state index contributed by atoms with van der Waals surface area (Å²) in [6, 6.07) is 0. The summed E-state index contributed by atoms with van der Waals surface area (Å²) in [5.41, 5.74) is 0.175. The van der Waals surface area contributed by atoms with Crippen LogP contribution in [0.5, 0.6) is 0 Å². The lowest BCUT2D eigenvalue weighted by atomic mass is 10.4. The molecule has 14 heavy (non-hydrogen) atoms. The standard InChI is InChI=1S/C7H11BrO5S/c1-5(2)7(9)13-4-6(3-8)14(10,11)12/h6H,1,3-4H2,2H3,(H,10,11,12). The number of carbonyl (C=O) groups is 1. The molecule has 0 amide bonds. The largest absolute Gasteiger partial charge is 0.461 e. The van der Waals surface area contributed by atoms with E-state index in [0.29, 0.717) is 0 Å². The van der Waals surface area contributed by atoms with Crippen molar-refractivity contribution in [3.63, 3.8) is 0 Å². The number of hydrogen-bond acceptors (Lipinski definition) is 4. The third kappa shape index (κ3) is 4.73. The Morgan fingerprint density at radius 2 is 2.14 bits per heavy atom. The van der Waals surface area contributed by atoms with E-state index in [1.807, 2.05) is 0 Å². The summed E-state index contributed by atoms with van der Waals surface area (Å²) in [5, 5.41) is -1.15. The minimum atomic E-state index is -4.19. The monoisotopic (exact) mass is 286 g/mol. The van der Waals surface area contributed by atoms with Gasteiger partial charge in [0.05, 0.1) is 0 Å². The zero-order valence-electron chi connectivity index (χ0n) is 7.57. The Morgan fingerprint density at radius 1 is 1.64 bits per heavy atom. The van der Waals surface area contributed by atoms with E-state index in [1.165, 1.54) is 6.92 Å². The molecule has 5 nitrogen and oxygen atoms in total. The molecule has 1 N–H and O–H groups in total. The first kappa shape index (κ1) is 13.6. The molecule has 0 spiro atoms. The highest BCUT2D eigenvalue weighted by atomic mass is 79.9. The molecule has 0 aliphatic carbocycles. The average Bonchev–Trinajstić information content (AvgIpc) is 2.02. The fourth-order valence-corrected chi connectivity index (χ4v) is 2.09. The quantitative estimate of drug-likeness (QED) is 0.349. The molecular formula is C7H11BrO5S.